The average molecular weight is 385 g/mol. The number of hydrogen-bond acceptors (Lipinski definition) is 4. The summed E-state index contributed by atoms with van der Waals surface area (Å²) >= 11 is 9.19. The molecular weight excluding hydrogens is 370 g/mol. The summed E-state index contributed by atoms with van der Waals surface area (Å²) in [6.07, 6.45) is 1.38. The highest BCUT2D eigenvalue weighted by molar-refractivity contribution is 9.10. The number of rotatable bonds is 4. The molecule has 5 nitrogen and oxygen atoms in total. The van der Waals surface area contributed by atoms with Crippen LogP contribution in [-0.2, 0) is 10.0 Å². The van der Waals surface area contributed by atoms with Gasteiger partial charge in [0.25, 0.3) is 0 Å². The number of sulfonamides is 1. The summed E-state index contributed by atoms with van der Waals surface area (Å²) in [6, 6.07) is 2.56. The molecule has 1 fully saturated rings. The molecule has 20 heavy (non-hydrogen) atoms. The van der Waals surface area contributed by atoms with Crippen LogP contribution in [-0.4, -0.2) is 44.1 Å². The zero-order chi connectivity index (χ0) is 14.9. The van der Waals surface area contributed by atoms with Gasteiger partial charge in [-0.15, -0.1) is 0 Å². The van der Waals surface area contributed by atoms with Crippen molar-refractivity contribution in [2.75, 3.05) is 20.3 Å². The maximum Gasteiger partial charge on any atom is 0.247 e. The van der Waals surface area contributed by atoms with Crippen LogP contribution in [0.1, 0.15) is 12.8 Å². The number of aliphatic hydroxyl groups excluding tert-OH is 1. The molecule has 1 N–H and O–H groups in total. The van der Waals surface area contributed by atoms with E-state index in [1.807, 2.05) is 0 Å². The third kappa shape index (κ3) is 2.82. The SMILES string of the molecule is COc1c(Br)cc(Cl)cc1S(=O)(=O)N1CCC[C@@H]1CO. The van der Waals surface area contributed by atoms with E-state index in [1.165, 1.54) is 17.5 Å². The summed E-state index contributed by atoms with van der Waals surface area (Å²) in [7, 11) is -2.35. The van der Waals surface area contributed by atoms with Crippen molar-refractivity contribution in [3.8, 4) is 5.75 Å². The summed E-state index contributed by atoms with van der Waals surface area (Å²) in [5.41, 5.74) is 0. The van der Waals surface area contributed by atoms with Gasteiger partial charge >= 0.3 is 0 Å². The van der Waals surface area contributed by atoms with Crippen molar-refractivity contribution in [1.82, 2.24) is 4.31 Å². The minimum Gasteiger partial charge on any atom is -0.494 e. The van der Waals surface area contributed by atoms with Crippen LogP contribution in [0.2, 0.25) is 5.02 Å². The van der Waals surface area contributed by atoms with Crippen molar-refractivity contribution in [1.29, 1.82) is 0 Å². The second kappa shape index (κ2) is 6.19. The Kier molecular flexibility index (Phi) is 4.96. The van der Waals surface area contributed by atoms with Crippen molar-refractivity contribution < 1.29 is 18.3 Å². The highest BCUT2D eigenvalue weighted by Gasteiger charge is 2.37. The van der Waals surface area contributed by atoms with Crippen LogP contribution in [0.15, 0.2) is 21.5 Å². The molecule has 1 aliphatic heterocycles. The van der Waals surface area contributed by atoms with E-state index in [0.29, 0.717) is 22.5 Å². The van der Waals surface area contributed by atoms with E-state index in [2.05, 4.69) is 15.9 Å². The van der Waals surface area contributed by atoms with E-state index in [0.717, 1.165) is 6.42 Å². The summed E-state index contributed by atoms with van der Waals surface area (Å²) in [5.74, 6) is 0.220. The number of benzene rings is 1. The van der Waals surface area contributed by atoms with Gasteiger partial charge in [0.15, 0.2) is 5.75 Å². The van der Waals surface area contributed by atoms with Gasteiger partial charge < -0.3 is 9.84 Å². The van der Waals surface area contributed by atoms with Crippen molar-refractivity contribution in [3.05, 3.63) is 21.6 Å². The van der Waals surface area contributed by atoms with E-state index in [4.69, 9.17) is 16.3 Å². The predicted octanol–water partition coefficient (Wildman–Crippen LogP) is 2.26. The second-order valence-electron chi connectivity index (χ2n) is 4.51. The predicted molar refractivity (Wildman–Crippen MR) is 79.7 cm³/mol. The van der Waals surface area contributed by atoms with Gasteiger partial charge in [-0.1, -0.05) is 11.6 Å². The molecule has 0 radical (unpaired) electrons. The Hall–Kier alpha value is -0.340. The lowest BCUT2D eigenvalue weighted by atomic mass is 10.2. The van der Waals surface area contributed by atoms with Crippen molar-refractivity contribution in [2.24, 2.45) is 0 Å². The molecule has 112 valence electrons. The molecule has 2 rings (SSSR count). The summed E-state index contributed by atoms with van der Waals surface area (Å²) < 4.78 is 32.4. The number of methoxy groups -OCH3 is 1. The molecule has 0 bridgehead atoms. The van der Waals surface area contributed by atoms with E-state index in [9.17, 15) is 13.5 Å². The number of hydrogen-bond donors (Lipinski definition) is 1. The van der Waals surface area contributed by atoms with Gasteiger partial charge in [0.05, 0.1) is 18.2 Å². The van der Waals surface area contributed by atoms with Crippen molar-refractivity contribution in [3.63, 3.8) is 0 Å². The summed E-state index contributed by atoms with van der Waals surface area (Å²) in [6.45, 7) is 0.199. The third-order valence-corrected chi connectivity index (χ3v) is 6.06. The number of aliphatic hydroxyl groups is 1. The van der Waals surface area contributed by atoms with Crippen LogP contribution in [0.4, 0.5) is 0 Å². The Morgan fingerprint density at radius 3 is 2.85 bits per heavy atom. The first-order chi connectivity index (χ1) is 9.41. The van der Waals surface area contributed by atoms with Gasteiger partial charge in [-0.3, -0.25) is 0 Å². The standard InChI is InChI=1S/C12H15BrClNO4S/c1-19-12-10(13)5-8(14)6-11(12)20(17,18)15-4-2-3-9(15)7-16/h5-6,9,16H,2-4,7H2,1H3/t9-/m1/s1. The lowest BCUT2D eigenvalue weighted by molar-refractivity contribution is 0.213. The van der Waals surface area contributed by atoms with Crippen molar-refractivity contribution in [2.45, 2.75) is 23.8 Å². The fourth-order valence-corrected chi connectivity index (χ4v) is 5.42. The Bertz CT molecular complexity index is 608. The maximum absolute atomic E-state index is 12.7. The molecule has 1 aromatic carbocycles. The molecule has 0 aromatic heterocycles. The van der Waals surface area contributed by atoms with Gasteiger partial charge in [0, 0.05) is 17.6 Å². The quantitative estimate of drug-likeness (QED) is 0.864. The fourth-order valence-electron chi connectivity index (χ4n) is 2.36. The topological polar surface area (TPSA) is 66.8 Å². The van der Waals surface area contributed by atoms with Crippen LogP contribution >= 0.6 is 27.5 Å². The highest BCUT2D eigenvalue weighted by Crippen LogP contribution is 2.38. The number of ether oxygens (including phenoxy) is 1. The van der Waals surface area contributed by atoms with E-state index < -0.39 is 10.0 Å². The summed E-state index contributed by atoms with van der Waals surface area (Å²) in [4.78, 5) is 0.0136. The van der Waals surface area contributed by atoms with Crippen LogP contribution in [0.3, 0.4) is 0 Å². The first-order valence-corrected chi connectivity index (χ1v) is 8.68. The molecule has 1 aromatic rings. The molecule has 8 heteroatoms. The van der Waals surface area contributed by atoms with E-state index in [-0.39, 0.29) is 23.3 Å². The Labute approximate surface area is 131 Å². The third-order valence-electron chi connectivity index (χ3n) is 3.30. The molecule has 0 saturated carbocycles. The van der Waals surface area contributed by atoms with Gasteiger partial charge in [0.2, 0.25) is 10.0 Å². The first kappa shape index (κ1) is 16.0. The van der Waals surface area contributed by atoms with E-state index >= 15 is 0 Å². The molecule has 1 atom stereocenters. The molecule has 0 spiro atoms. The molecular formula is C12H15BrClNO4S. The zero-order valence-corrected chi connectivity index (χ0v) is 14.0. The van der Waals surface area contributed by atoms with E-state index in [1.54, 1.807) is 6.07 Å². The van der Waals surface area contributed by atoms with Gasteiger partial charge in [-0.05, 0) is 40.9 Å². The van der Waals surface area contributed by atoms with Gasteiger partial charge in [-0.25, -0.2) is 8.42 Å². The molecule has 0 unspecified atom stereocenters. The van der Waals surface area contributed by atoms with Crippen molar-refractivity contribution >= 4 is 37.6 Å². The fraction of sp³-hybridized carbons (Fsp3) is 0.500. The molecule has 1 heterocycles. The molecule has 1 saturated heterocycles. The zero-order valence-electron chi connectivity index (χ0n) is 10.8. The number of nitrogens with zero attached hydrogens (tertiary/aromatic N) is 1. The lowest BCUT2D eigenvalue weighted by Gasteiger charge is -2.23. The Balaban J connectivity index is 2.54. The Morgan fingerprint density at radius 2 is 2.25 bits per heavy atom. The number of halogens is 2. The normalized spacial score (nSPS) is 20.3. The largest absolute Gasteiger partial charge is 0.494 e. The monoisotopic (exact) mass is 383 g/mol. The van der Waals surface area contributed by atoms with Gasteiger partial charge in [0.1, 0.15) is 4.90 Å². The van der Waals surface area contributed by atoms with Gasteiger partial charge in [-0.2, -0.15) is 4.31 Å². The van der Waals surface area contributed by atoms with Crippen LogP contribution in [0.5, 0.6) is 5.75 Å². The minimum atomic E-state index is -3.75. The van der Waals surface area contributed by atoms with Crippen LogP contribution in [0.25, 0.3) is 0 Å². The lowest BCUT2D eigenvalue weighted by Crippen LogP contribution is -2.37. The summed E-state index contributed by atoms with van der Waals surface area (Å²) in [5, 5.41) is 9.61. The molecule has 0 amide bonds. The second-order valence-corrected chi connectivity index (χ2v) is 7.66. The average Bonchev–Trinajstić information content (AvgIpc) is 2.86. The maximum atomic E-state index is 12.7. The van der Waals surface area contributed by atoms with Crippen LogP contribution in [0, 0.1) is 0 Å². The minimum absolute atomic E-state index is 0.0136. The Morgan fingerprint density at radius 1 is 1.55 bits per heavy atom. The first-order valence-electron chi connectivity index (χ1n) is 6.07. The van der Waals surface area contributed by atoms with Crippen LogP contribution < -0.4 is 4.74 Å². The smallest absolute Gasteiger partial charge is 0.247 e. The highest BCUT2D eigenvalue weighted by atomic mass is 79.9. The molecule has 1 aliphatic rings. The molecule has 0 aliphatic carbocycles.